The maximum atomic E-state index is 12.6. The minimum Gasteiger partial charge on any atom is -0.508 e. The predicted octanol–water partition coefficient (Wildman–Crippen LogP) is 2.94. The number of phenolic OH excluding ortho intramolecular Hbond substituents is 1. The molecule has 0 saturated carbocycles. The van der Waals surface area contributed by atoms with Crippen molar-refractivity contribution in [3.8, 4) is 5.75 Å². The Labute approximate surface area is 144 Å². The molecule has 2 heterocycles. The van der Waals surface area contributed by atoms with Gasteiger partial charge in [-0.15, -0.1) is 11.3 Å². The van der Waals surface area contributed by atoms with Gasteiger partial charge in [0, 0.05) is 10.9 Å². The molecule has 1 aliphatic rings. The van der Waals surface area contributed by atoms with Crippen molar-refractivity contribution in [2.75, 3.05) is 6.54 Å². The fraction of sp³-hybridized carbons (Fsp3) is 0.353. The Kier molecular flexibility index (Phi) is 4.53. The molecule has 7 heteroatoms. The highest BCUT2D eigenvalue weighted by atomic mass is 32.1. The van der Waals surface area contributed by atoms with E-state index < -0.39 is 6.04 Å². The van der Waals surface area contributed by atoms with Crippen molar-refractivity contribution >= 4 is 23.3 Å². The van der Waals surface area contributed by atoms with E-state index in [0.29, 0.717) is 5.56 Å². The number of thiazole rings is 1. The van der Waals surface area contributed by atoms with Gasteiger partial charge in [-0.05, 0) is 19.4 Å². The maximum Gasteiger partial charge on any atom is 0.328 e. The van der Waals surface area contributed by atoms with E-state index >= 15 is 0 Å². The number of aromatic hydroxyl groups is 1. The Morgan fingerprint density at radius 2 is 2.08 bits per heavy atom. The summed E-state index contributed by atoms with van der Waals surface area (Å²) in [4.78, 5) is 32.2. The first-order valence-corrected chi connectivity index (χ1v) is 8.71. The van der Waals surface area contributed by atoms with Gasteiger partial charge in [0.1, 0.15) is 12.3 Å². The van der Waals surface area contributed by atoms with Gasteiger partial charge in [-0.25, -0.2) is 9.78 Å². The summed E-state index contributed by atoms with van der Waals surface area (Å²) in [5.41, 5.74) is 1.36. The van der Waals surface area contributed by atoms with Crippen LogP contribution in [0.3, 0.4) is 0 Å². The second-order valence-corrected chi connectivity index (χ2v) is 6.67. The Balaban J connectivity index is 1.77. The molecule has 2 aromatic rings. The van der Waals surface area contributed by atoms with E-state index in [-0.39, 0.29) is 30.8 Å². The van der Waals surface area contributed by atoms with Gasteiger partial charge in [0.2, 0.25) is 0 Å². The highest BCUT2D eigenvalue weighted by Gasteiger charge is 2.40. The number of carbonyl (C=O) groups excluding carboxylic acids is 2. The number of hydrogen-bond donors (Lipinski definition) is 1. The molecule has 24 heavy (non-hydrogen) atoms. The van der Waals surface area contributed by atoms with Gasteiger partial charge in [-0.2, -0.15) is 0 Å². The first-order valence-electron chi connectivity index (χ1n) is 7.83. The average molecular weight is 345 g/mol. The van der Waals surface area contributed by atoms with Crippen LogP contribution in [0, 0.1) is 0 Å². The number of hydrogen-bond acceptors (Lipinski definition) is 5. The summed E-state index contributed by atoms with van der Waals surface area (Å²) in [6, 6.07) is 6.09. The summed E-state index contributed by atoms with van der Waals surface area (Å²) in [6.45, 7) is 4.06. The van der Waals surface area contributed by atoms with Gasteiger partial charge in [0.25, 0.3) is 5.91 Å². The summed E-state index contributed by atoms with van der Waals surface area (Å²) >= 11 is 1.54. The lowest BCUT2D eigenvalue weighted by molar-refractivity contribution is -0.126. The molecule has 1 N–H and O–H groups in total. The quantitative estimate of drug-likeness (QED) is 0.846. The van der Waals surface area contributed by atoms with Crippen LogP contribution in [0.15, 0.2) is 29.6 Å². The van der Waals surface area contributed by atoms with Gasteiger partial charge in [0.05, 0.1) is 23.3 Å². The van der Waals surface area contributed by atoms with E-state index in [1.807, 2.05) is 19.2 Å². The molecule has 3 amide bonds. The van der Waals surface area contributed by atoms with Gasteiger partial charge in [0.15, 0.2) is 0 Å². The Hall–Kier alpha value is -2.41. The third-order valence-electron chi connectivity index (χ3n) is 4.11. The van der Waals surface area contributed by atoms with Crippen LogP contribution in [0.2, 0.25) is 0 Å². The van der Waals surface area contributed by atoms with E-state index in [0.717, 1.165) is 17.1 Å². The lowest BCUT2D eigenvalue weighted by Crippen LogP contribution is -2.35. The number of aromatic nitrogens is 1. The van der Waals surface area contributed by atoms with Crippen LogP contribution in [-0.2, 0) is 17.8 Å². The molecule has 0 radical (unpaired) electrons. The summed E-state index contributed by atoms with van der Waals surface area (Å²) in [6.07, 6.45) is 0.832. The number of rotatable bonds is 5. The molecule has 1 aliphatic heterocycles. The number of nitrogens with zero attached hydrogens (tertiary/aromatic N) is 3. The second-order valence-electron chi connectivity index (χ2n) is 5.73. The molecule has 126 valence electrons. The van der Waals surface area contributed by atoms with E-state index in [1.165, 1.54) is 21.1 Å². The van der Waals surface area contributed by atoms with Gasteiger partial charge in [-0.3, -0.25) is 9.69 Å². The number of aryl methyl sites for hydroxylation is 1. The van der Waals surface area contributed by atoms with Crippen LogP contribution < -0.4 is 0 Å². The topological polar surface area (TPSA) is 73.7 Å². The van der Waals surface area contributed by atoms with Gasteiger partial charge in [-0.1, -0.05) is 25.1 Å². The molecule has 1 aromatic heterocycles. The number of imide groups is 1. The normalized spacial score (nSPS) is 16.1. The first kappa shape index (κ1) is 16.4. The molecule has 1 saturated heterocycles. The zero-order chi connectivity index (χ0) is 17.3. The number of urea groups is 1. The molecule has 0 aliphatic carbocycles. The van der Waals surface area contributed by atoms with Crippen molar-refractivity contribution in [3.63, 3.8) is 0 Å². The van der Waals surface area contributed by atoms with Crippen molar-refractivity contribution in [1.29, 1.82) is 0 Å². The molecular formula is C17H19N3O3S. The fourth-order valence-electron chi connectivity index (χ4n) is 2.73. The second kappa shape index (κ2) is 6.60. The molecule has 0 spiro atoms. The Bertz CT molecular complexity index is 774. The molecule has 1 unspecified atom stereocenters. The summed E-state index contributed by atoms with van der Waals surface area (Å²) < 4.78 is 0. The minimum absolute atomic E-state index is 0.0162. The summed E-state index contributed by atoms with van der Waals surface area (Å²) in [5, 5.41) is 12.7. The molecule has 3 rings (SSSR count). The smallest absolute Gasteiger partial charge is 0.328 e. The lowest BCUT2D eigenvalue weighted by atomic mass is 10.2. The van der Waals surface area contributed by atoms with Crippen molar-refractivity contribution < 1.29 is 14.7 Å². The van der Waals surface area contributed by atoms with Crippen molar-refractivity contribution in [1.82, 2.24) is 14.8 Å². The highest BCUT2D eigenvalue weighted by molar-refractivity contribution is 7.09. The van der Waals surface area contributed by atoms with Crippen molar-refractivity contribution in [2.45, 2.75) is 32.9 Å². The van der Waals surface area contributed by atoms with E-state index in [2.05, 4.69) is 4.98 Å². The van der Waals surface area contributed by atoms with Crippen LogP contribution in [-0.4, -0.2) is 38.4 Å². The zero-order valence-corrected chi connectivity index (χ0v) is 14.4. The largest absolute Gasteiger partial charge is 0.508 e. The summed E-state index contributed by atoms with van der Waals surface area (Å²) in [5.74, 6) is -0.120. The minimum atomic E-state index is -0.393. The first-order chi connectivity index (χ1) is 11.5. The number of amides is 3. The SMILES string of the molecule is CCc1nc(C(C)N2C(=O)CN(Cc3ccccc3O)C2=O)cs1. The third kappa shape index (κ3) is 2.99. The molecule has 1 atom stereocenters. The van der Waals surface area contributed by atoms with Crippen molar-refractivity contribution in [3.05, 3.63) is 45.9 Å². The summed E-state index contributed by atoms with van der Waals surface area (Å²) in [7, 11) is 0. The lowest BCUT2D eigenvalue weighted by Gasteiger charge is -2.22. The van der Waals surface area contributed by atoms with Gasteiger partial charge < -0.3 is 10.0 Å². The molecule has 6 nitrogen and oxygen atoms in total. The average Bonchev–Trinajstić information content (AvgIpc) is 3.14. The number of benzene rings is 1. The molecule has 1 aromatic carbocycles. The van der Waals surface area contributed by atoms with E-state index in [1.54, 1.807) is 24.3 Å². The monoisotopic (exact) mass is 345 g/mol. The number of phenols is 1. The highest BCUT2D eigenvalue weighted by Crippen LogP contribution is 2.28. The van der Waals surface area contributed by atoms with Crippen LogP contribution >= 0.6 is 11.3 Å². The van der Waals surface area contributed by atoms with Crippen LogP contribution in [0.5, 0.6) is 5.75 Å². The number of para-hydroxylation sites is 1. The van der Waals surface area contributed by atoms with E-state index in [4.69, 9.17) is 0 Å². The van der Waals surface area contributed by atoms with Crippen molar-refractivity contribution in [2.24, 2.45) is 0 Å². The predicted molar refractivity (Wildman–Crippen MR) is 90.7 cm³/mol. The van der Waals surface area contributed by atoms with Crippen LogP contribution in [0.1, 0.15) is 36.2 Å². The third-order valence-corrected chi connectivity index (χ3v) is 5.12. The maximum absolute atomic E-state index is 12.6. The zero-order valence-electron chi connectivity index (χ0n) is 13.6. The van der Waals surface area contributed by atoms with Gasteiger partial charge >= 0.3 is 6.03 Å². The standard InChI is InChI=1S/C17H19N3O3S/c1-3-15-18-13(10-24-15)11(2)20-16(22)9-19(17(20)23)8-12-6-4-5-7-14(12)21/h4-7,10-11,21H,3,8-9H2,1-2H3. The Morgan fingerprint density at radius 3 is 2.75 bits per heavy atom. The molecular weight excluding hydrogens is 326 g/mol. The molecule has 1 fully saturated rings. The van der Waals surface area contributed by atoms with Crippen LogP contribution in [0.25, 0.3) is 0 Å². The van der Waals surface area contributed by atoms with Crippen LogP contribution in [0.4, 0.5) is 4.79 Å². The fourth-order valence-corrected chi connectivity index (χ4v) is 3.56. The number of carbonyl (C=O) groups is 2. The van der Waals surface area contributed by atoms with E-state index in [9.17, 15) is 14.7 Å². The molecule has 0 bridgehead atoms. The Morgan fingerprint density at radius 1 is 1.33 bits per heavy atom.